The minimum Gasteiger partial charge on any atom is -0.311 e. The number of nitriles is 1. The summed E-state index contributed by atoms with van der Waals surface area (Å²) < 4.78 is 25.7. The van der Waals surface area contributed by atoms with Gasteiger partial charge in [-0.15, -0.1) is 0 Å². The number of nitrogens with one attached hydrogen (secondary N) is 1. The Morgan fingerprint density at radius 2 is 2.06 bits per heavy atom. The van der Waals surface area contributed by atoms with Crippen LogP contribution in [0.4, 0.5) is 5.69 Å². The Morgan fingerprint density at radius 1 is 1.39 bits per heavy atom. The van der Waals surface area contributed by atoms with Crippen LogP contribution in [0.2, 0.25) is 0 Å². The SMILES string of the molecule is CC1CN(c2ccc(C#N)cc2)S(=O)(=O)CCN1. The Morgan fingerprint density at radius 3 is 2.67 bits per heavy atom. The van der Waals surface area contributed by atoms with Crippen LogP contribution >= 0.6 is 0 Å². The van der Waals surface area contributed by atoms with Crippen molar-refractivity contribution >= 4 is 15.7 Å². The maximum Gasteiger partial charge on any atom is 0.236 e. The van der Waals surface area contributed by atoms with Gasteiger partial charge in [-0.05, 0) is 31.2 Å². The Bertz CT molecular complexity index is 560. The number of hydrogen-bond acceptors (Lipinski definition) is 4. The van der Waals surface area contributed by atoms with Crippen LogP contribution in [0.5, 0.6) is 0 Å². The fourth-order valence-electron chi connectivity index (χ4n) is 1.94. The molecule has 1 N–H and O–H groups in total. The highest BCUT2D eigenvalue weighted by Crippen LogP contribution is 2.20. The van der Waals surface area contributed by atoms with Gasteiger partial charge in [0.1, 0.15) is 0 Å². The molecule has 18 heavy (non-hydrogen) atoms. The smallest absolute Gasteiger partial charge is 0.236 e. The average Bonchev–Trinajstić information content (AvgIpc) is 2.48. The van der Waals surface area contributed by atoms with Crippen LogP contribution in [0.1, 0.15) is 12.5 Å². The fraction of sp³-hybridized carbons (Fsp3) is 0.417. The molecule has 1 aliphatic heterocycles. The van der Waals surface area contributed by atoms with E-state index in [1.54, 1.807) is 24.3 Å². The number of hydrogen-bond donors (Lipinski definition) is 1. The maximum absolute atomic E-state index is 12.1. The van der Waals surface area contributed by atoms with Crippen LogP contribution < -0.4 is 9.62 Å². The van der Waals surface area contributed by atoms with Gasteiger partial charge in [-0.1, -0.05) is 0 Å². The van der Waals surface area contributed by atoms with E-state index in [9.17, 15) is 8.42 Å². The lowest BCUT2D eigenvalue weighted by Crippen LogP contribution is -2.37. The van der Waals surface area contributed by atoms with Crippen LogP contribution in [0.15, 0.2) is 24.3 Å². The zero-order chi connectivity index (χ0) is 13.2. The van der Waals surface area contributed by atoms with Gasteiger partial charge in [0.25, 0.3) is 0 Å². The Balaban J connectivity index is 2.36. The van der Waals surface area contributed by atoms with Crippen LogP contribution in [0.25, 0.3) is 0 Å². The number of sulfonamides is 1. The molecule has 0 radical (unpaired) electrons. The van der Waals surface area contributed by atoms with E-state index < -0.39 is 10.0 Å². The zero-order valence-electron chi connectivity index (χ0n) is 10.1. The first-order valence-electron chi connectivity index (χ1n) is 5.77. The van der Waals surface area contributed by atoms with E-state index in [0.717, 1.165) is 0 Å². The molecule has 0 spiro atoms. The van der Waals surface area contributed by atoms with Crippen molar-refractivity contribution in [2.24, 2.45) is 0 Å². The van der Waals surface area contributed by atoms with Crippen LogP contribution in [0, 0.1) is 11.3 Å². The van der Waals surface area contributed by atoms with E-state index in [1.165, 1.54) is 4.31 Å². The molecule has 2 rings (SSSR count). The van der Waals surface area contributed by atoms with Crippen molar-refractivity contribution < 1.29 is 8.42 Å². The molecule has 1 fully saturated rings. The highest BCUT2D eigenvalue weighted by atomic mass is 32.2. The first-order valence-corrected chi connectivity index (χ1v) is 7.38. The van der Waals surface area contributed by atoms with Crippen LogP contribution in [0.3, 0.4) is 0 Å². The van der Waals surface area contributed by atoms with Gasteiger partial charge in [-0.3, -0.25) is 4.31 Å². The van der Waals surface area contributed by atoms with E-state index in [-0.39, 0.29) is 11.8 Å². The van der Waals surface area contributed by atoms with Gasteiger partial charge < -0.3 is 5.32 Å². The van der Waals surface area contributed by atoms with Crippen molar-refractivity contribution in [1.29, 1.82) is 5.26 Å². The monoisotopic (exact) mass is 265 g/mol. The summed E-state index contributed by atoms with van der Waals surface area (Å²) in [6, 6.07) is 8.74. The van der Waals surface area contributed by atoms with Crippen molar-refractivity contribution in [3.8, 4) is 6.07 Å². The molecule has 1 aromatic carbocycles. The first kappa shape index (κ1) is 12.9. The minimum absolute atomic E-state index is 0.0946. The summed E-state index contributed by atoms with van der Waals surface area (Å²) in [6.45, 7) is 2.84. The molecule has 6 heteroatoms. The van der Waals surface area contributed by atoms with Crippen molar-refractivity contribution in [1.82, 2.24) is 5.32 Å². The van der Waals surface area contributed by atoms with Crippen LogP contribution in [-0.2, 0) is 10.0 Å². The molecule has 0 saturated carbocycles. The highest BCUT2D eigenvalue weighted by molar-refractivity contribution is 7.92. The highest BCUT2D eigenvalue weighted by Gasteiger charge is 2.27. The van der Waals surface area contributed by atoms with Gasteiger partial charge in [-0.2, -0.15) is 5.26 Å². The third-order valence-corrected chi connectivity index (χ3v) is 4.66. The fourth-order valence-corrected chi connectivity index (χ4v) is 3.43. The van der Waals surface area contributed by atoms with Gasteiger partial charge in [0.05, 0.1) is 23.1 Å². The minimum atomic E-state index is -3.28. The summed E-state index contributed by atoms with van der Waals surface area (Å²) in [4.78, 5) is 0. The molecule has 1 atom stereocenters. The quantitative estimate of drug-likeness (QED) is 0.810. The second-order valence-electron chi connectivity index (χ2n) is 4.36. The molecule has 1 aliphatic rings. The summed E-state index contributed by atoms with van der Waals surface area (Å²) >= 11 is 0. The number of rotatable bonds is 1. The molecule has 1 unspecified atom stereocenters. The van der Waals surface area contributed by atoms with E-state index in [4.69, 9.17) is 5.26 Å². The van der Waals surface area contributed by atoms with Gasteiger partial charge in [0.15, 0.2) is 0 Å². The summed E-state index contributed by atoms with van der Waals surface area (Å²) in [7, 11) is -3.28. The normalized spacial score (nSPS) is 23.1. The largest absolute Gasteiger partial charge is 0.311 e. The predicted octanol–water partition coefficient (Wildman–Crippen LogP) is 0.686. The number of nitrogens with zero attached hydrogens (tertiary/aromatic N) is 2. The molecule has 1 saturated heterocycles. The summed E-state index contributed by atoms with van der Waals surface area (Å²) in [5.74, 6) is 0.0946. The molecular formula is C12H15N3O2S. The first-order chi connectivity index (χ1) is 8.53. The van der Waals surface area contributed by atoms with Gasteiger partial charge in [0, 0.05) is 19.1 Å². The van der Waals surface area contributed by atoms with Gasteiger partial charge >= 0.3 is 0 Å². The molecule has 96 valence electrons. The maximum atomic E-state index is 12.1. The summed E-state index contributed by atoms with van der Waals surface area (Å²) in [5.41, 5.74) is 1.14. The molecule has 1 heterocycles. The predicted molar refractivity (Wildman–Crippen MR) is 69.8 cm³/mol. The lowest BCUT2D eigenvalue weighted by Gasteiger charge is -2.23. The second kappa shape index (κ2) is 4.96. The lowest BCUT2D eigenvalue weighted by molar-refractivity contribution is 0.587. The standard InChI is InChI=1S/C12H15N3O2S/c1-10-9-15(18(16,17)7-6-14-10)12-4-2-11(8-13)3-5-12/h2-5,10,14H,6-7,9H2,1H3. The zero-order valence-corrected chi connectivity index (χ0v) is 10.9. The second-order valence-corrected chi connectivity index (χ2v) is 6.37. The Hall–Kier alpha value is -1.58. The number of anilines is 1. The third kappa shape index (κ3) is 2.63. The van der Waals surface area contributed by atoms with E-state index in [2.05, 4.69) is 5.32 Å². The van der Waals surface area contributed by atoms with Crippen LogP contribution in [-0.4, -0.2) is 33.3 Å². The van der Waals surface area contributed by atoms with Crippen molar-refractivity contribution in [3.63, 3.8) is 0 Å². The van der Waals surface area contributed by atoms with Crippen molar-refractivity contribution in [3.05, 3.63) is 29.8 Å². The molecule has 5 nitrogen and oxygen atoms in total. The Labute approximate surface area is 107 Å². The average molecular weight is 265 g/mol. The molecular weight excluding hydrogens is 250 g/mol. The molecule has 0 aromatic heterocycles. The van der Waals surface area contributed by atoms with Crippen molar-refractivity contribution in [2.75, 3.05) is 23.1 Å². The number of benzene rings is 1. The van der Waals surface area contributed by atoms with E-state index >= 15 is 0 Å². The van der Waals surface area contributed by atoms with E-state index in [0.29, 0.717) is 24.3 Å². The summed E-state index contributed by atoms with van der Waals surface area (Å²) in [5, 5.41) is 11.9. The Kier molecular flexibility index (Phi) is 3.55. The lowest BCUT2D eigenvalue weighted by atomic mass is 10.2. The summed E-state index contributed by atoms with van der Waals surface area (Å²) in [6.07, 6.45) is 0. The molecule has 1 aromatic rings. The topological polar surface area (TPSA) is 73.2 Å². The molecule has 0 bridgehead atoms. The van der Waals surface area contributed by atoms with Crippen molar-refractivity contribution in [2.45, 2.75) is 13.0 Å². The molecule has 0 amide bonds. The van der Waals surface area contributed by atoms with Gasteiger partial charge in [-0.25, -0.2) is 8.42 Å². The third-order valence-electron chi connectivity index (χ3n) is 2.91. The molecule has 0 aliphatic carbocycles. The van der Waals surface area contributed by atoms with Gasteiger partial charge in [0.2, 0.25) is 10.0 Å². The van der Waals surface area contributed by atoms with E-state index in [1.807, 2.05) is 13.0 Å².